The summed E-state index contributed by atoms with van der Waals surface area (Å²) in [5.74, 6) is 0. The Hall–Kier alpha value is -1.06. The number of benzene rings is 1. The third kappa shape index (κ3) is 3.20. The fourth-order valence-electron chi connectivity index (χ4n) is 2.43. The fraction of sp³-hybridized carbons (Fsp3) is 0.571. The van der Waals surface area contributed by atoms with Gasteiger partial charge >= 0.3 is 0 Å². The van der Waals surface area contributed by atoms with Crippen LogP contribution in [0.4, 0.5) is 5.69 Å². The summed E-state index contributed by atoms with van der Waals surface area (Å²) < 4.78 is 0. The Kier molecular flexibility index (Phi) is 4.40. The third-order valence-corrected chi connectivity index (χ3v) is 3.61. The highest BCUT2D eigenvalue weighted by molar-refractivity contribution is 5.46. The Labute approximate surface area is 104 Å². The Morgan fingerprint density at radius 3 is 2.35 bits per heavy atom. The third-order valence-electron chi connectivity index (χ3n) is 3.61. The van der Waals surface area contributed by atoms with Gasteiger partial charge in [-0.1, -0.05) is 18.2 Å². The van der Waals surface area contributed by atoms with Crippen LogP contribution in [0.2, 0.25) is 0 Å². The second kappa shape index (κ2) is 6.03. The van der Waals surface area contributed by atoms with Crippen LogP contribution in [0.1, 0.15) is 13.3 Å². The van der Waals surface area contributed by atoms with Crippen molar-refractivity contribution in [1.82, 2.24) is 4.90 Å². The largest absolute Gasteiger partial charge is 0.396 e. The summed E-state index contributed by atoms with van der Waals surface area (Å²) in [4.78, 5) is 4.90. The molecule has 1 aliphatic rings. The van der Waals surface area contributed by atoms with Crippen molar-refractivity contribution >= 4 is 5.69 Å². The van der Waals surface area contributed by atoms with E-state index in [4.69, 9.17) is 5.11 Å². The molecule has 1 atom stereocenters. The molecule has 0 spiro atoms. The average molecular weight is 234 g/mol. The molecule has 1 heterocycles. The zero-order chi connectivity index (χ0) is 12.1. The maximum Gasteiger partial charge on any atom is 0.0445 e. The Balaban J connectivity index is 1.86. The molecule has 0 bridgehead atoms. The molecular formula is C14H22N2O. The van der Waals surface area contributed by atoms with Crippen LogP contribution in [0.3, 0.4) is 0 Å². The molecule has 3 nitrogen and oxygen atoms in total. The van der Waals surface area contributed by atoms with E-state index in [-0.39, 0.29) is 0 Å². The fourth-order valence-corrected chi connectivity index (χ4v) is 2.43. The van der Waals surface area contributed by atoms with Crippen LogP contribution in [0.15, 0.2) is 30.3 Å². The van der Waals surface area contributed by atoms with Crippen LogP contribution >= 0.6 is 0 Å². The van der Waals surface area contributed by atoms with Crippen LogP contribution in [0.5, 0.6) is 0 Å². The summed E-state index contributed by atoms with van der Waals surface area (Å²) in [5.41, 5.74) is 1.32. The first-order valence-corrected chi connectivity index (χ1v) is 6.46. The van der Waals surface area contributed by atoms with E-state index in [2.05, 4.69) is 47.1 Å². The molecule has 1 N–H and O–H groups in total. The molecule has 1 aromatic rings. The van der Waals surface area contributed by atoms with E-state index < -0.39 is 0 Å². The molecule has 0 amide bonds. The van der Waals surface area contributed by atoms with Crippen molar-refractivity contribution in [2.45, 2.75) is 19.4 Å². The van der Waals surface area contributed by atoms with Crippen LogP contribution in [0.25, 0.3) is 0 Å². The minimum absolute atomic E-state index is 0.292. The topological polar surface area (TPSA) is 26.7 Å². The van der Waals surface area contributed by atoms with Crippen molar-refractivity contribution < 1.29 is 5.11 Å². The monoisotopic (exact) mass is 234 g/mol. The maximum absolute atomic E-state index is 8.96. The minimum Gasteiger partial charge on any atom is -0.396 e. The lowest BCUT2D eigenvalue weighted by atomic mass is 10.1. The summed E-state index contributed by atoms with van der Waals surface area (Å²) in [7, 11) is 0. The molecule has 1 fully saturated rings. The first-order valence-electron chi connectivity index (χ1n) is 6.46. The van der Waals surface area contributed by atoms with Crippen LogP contribution in [-0.4, -0.2) is 48.8 Å². The zero-order valence-corrected chi connectivity index (χ0v) is 10.5. The number of rotatable bonds is 4. The number of para-hydroxylation sites is 1. The van der Waals surface area contributed by atoms with Gasteiger partial charge in [0.05, 0.1) is 0 Å². The molecule has 0 aliphatic carbocycles. The standard InChI is InChI=1S/C14H22N2O/c1-13(7-12-17)15-8-10-16(11-9-15)14-5-3-2-4-6-14/h2-6,13,17H,7-12H2,1H3. The number of aliphatic hydroxyl groups is 1. The number of nitrogens with zero attached hydrogens (tertiary/aromatic N) is 2. The molecule has 1 aliphatic heterocycles. The summed E-state index contributed by atoms with van der Waals surface area (Å²) in [6.07, 6.45) is 0.880. The first kappa shape index (κ1) is 12.4. The predicted molar refractivity (Wildman–Crippen MR) is 71.4 cm³/mol. The van der Waals surface area contributed by atoms with Gasteiger partial charge in [-0.25, -0.2) is 0 Å². The highest BCUT2D eigenvalue weighted by Crippen LogP contribution is 2.17. The van der Waals surface area contributed by atoms with Crippen molar-refractivity contribution in [3.05, 3.63) is 30.3 Å². The van der Waals surface area contributed by atoms with Gasteiger partial charge in [0.2, 0.25) is 0 Å². The summed E-state index contributed by atoms with van der Waals surface area (Å²) in [5, 5.41) is 8.96. The average Bonchev–Trinajstić information content (AvgIpc) is 2.40. The second-order valence-electron chi connectivity index (χ2n) is 4.72. The van der Waals surface area contributed by atoms with Crippen molar-refractivity contribution in [3.63, 3.8) is 0 Å². The van der Waals surface area contributed by atoms with Crippen molar-refractivity contribution in [1.29, 1.82) is 0 Å². The van der Waals surface area contributed by atoms with E-state index in [1.54, 1.807) is 0 Å². The molecule has 0 aromatic heterocycles. The Morgan fingerprint density at radius 1 is 1.12 bits per heavy atom. The Bertz CT molecular complexity index is 320. The van der Waals surface area contributed by atoms with E-state index >= 15 is 0 Å². The van der Waals surface area contributed by atoms with Gasteiger partial charge in [-0.15, -0.1) is 0 Å². The number of hydrogen-bond donors (Lipinski definition) is 1. The molecule has 1 aromatic carbocycles. The Morgan fingerprint density at radius 2 is 1.76 bits per heavy atom. The second-order valence-corrected chi connectivity index (χ2v) is 4.72. The van der Waals surface area contributed by atoms with Gasteiger partial charge in [0, 0.05) is 44.5 Å². The molecule has 94 valence electrons. The van der Waals surface area contributed by atoms with Gasteiger partial charge in [-0.05, 0) is 25.5 Å². The highest BCUT2D eigenvalue weighted by atomic mass is 16.3. The molecule has 0 saturated carbocycles. The highest BCUT2D eigenvalue weighted by Gasteiger charge is 2.20. The van der Waals surface area contributed by atoms with E-state index in [1.807, 2.05) is 0 Å². The van der Waals surface area contributed by atoms with Crippen LogP contribution < -0.4 is 4.90 Å². The smallest absolute Gasteiger partial charge is 0.0445 e. The van der Waals surface area contributed by atoms with Crippen LogP contribution in [-0.2, 0) is 0 Å². The molecule has 2 rings (SSSR count). The number of anilines is 1. The van der Waals surface area contributed by atoms with Gasteiger partial charge in [0.25, 0.3) is 0 Å². The lowest BCUT2D eigenvalue weighted by Crippen LogP contribution is -2.49. The van der Waals surface area contributed by atoms with Crippen molar-refractivity contribution in [2.75, 3.05) is 37.7 Å². The van der Waals surface area contributed by atoms with E-state index in [0.717, 1.165) is 32.6 Å². The first-order chi connectivity index (χ1) is 8.31. The van der Waals surface area contributed by atoms with E-state index in [0.29, 0.717) is 12.6 Å². The van der Waals surface area contributed by atoms with Gasteiger partial charge in [-0.3, -0.25) is 4.90 Å². The zero-order valence-electron chi connectivity index (χ0n) is 10.5. The van der Waals surface area contributed by atoms with E-state index in [1.165, 1.54) is 5.69 Å². The van der Waals surface area contributed by atoms with Gasteiger partial charge in [0.15, 0.2) is 0 Å². The normalized spacial score (nSPS) is 19.3. The minimum atomic E-state index is 0.292. The lowest BCUT2D eigenvalue weighted by Gasteiger charge is -2.39. The molecule has 3 heteroatoms. The molecule has 17 heavy (non-hydrogen) atoms. The number of aliphatic hydroxyl groups excluding tert-OH is 1. The van der Waals surface area contributed by atoms with Crippen molar-refractivity contribution in [3.8, 4) is 0 Å². The molecular weight excluding hydrogens is 212 g/mol. The van der Waals surface area contributed by atoms with Crippen molar-refractivity contribution in [2.24, 2.45) is 0 Å². The number of hydrogen-bond acceptors (Lipinski definition) is 3. The van der Waals surface area contributed by atoms with Gasteiger partial charge in [0.1, 0.15) is 0 Å². The lowest BCUT2D eigenvalue weighted by molar-refractivity contribution is 0.160. The quantitative estimate of drug-likeness (QED) is 0.857. The van der Waals surface area contributed by atoms with Gasteiger partial charge in [-0.2, -0.15) is 0 Å². The number of piperazine rings is 1. The molecule has 1 unspecified atom stereocenters. The van der Waals surface area contributed by atoms with Crippen LogP contribution in [0, 0.1) is 0 Å². The SMILES string of the molecule is CC(CCO)N1CCN(c2ccccc2)CC1. The summed E-state index contributed by atoms with van der Waals surface area (Å²) in [6.45, 7) is 6.85. The van der Waals surface area contributed by atoms with E-state index in [9.17, 15) is 0 Å². The molecule has 0 radical (unpaired) electrons. The molecule has 1 saturated heterocycles. The predicted octanol–water partition coefficient (Wildman–Crippen LogP) is 1.58. The maximum atomic E-state index is 8.96. The summed E-state index contributed by atoms with van der Waals surface area (Å²) in [6, 6.07) is 11.1. The summed E-state index contributed by atoms with van der Waals surface area (Å²) >= 11 is 0. The van der Waals surface area contributed by atoms with Gasteiger partial charge < -0.3 is 10.0 Å².